The van der Waals surface area contributed by atoms with Gasteiger partial charge in [0.1, 0.15) is 0 Å². The van der Waals surface area contributed by atoms with Crippen LogP contribution in [-0.2, 0) is 21.5 Å². The van der Waals surface area contributed by atoms with Gasteiger partial charge in [-0.1, -0.05) is 30.3 Å². The molecule has 3 aliphatic rings. The third-order valence-corrected chi connectivity index (χ3v) is 9.01. The highest BCUT2D eigenvalue weighted by Gasteiger charge is 2.53. The fourth-order valence-electron chi connectivity index (χ4n) is 6.87. The second-order valence-corrected chi connectivity index (χ2v) is 11.1. The lowest BCUT2D eigenvalue weighted by atomic mass is 9.73. The number of piperidine rings is 2. The molecule has 40 heavy (non-hydrogen) atoms. The van der Waals surface area contributed by atoms with Crippen LogP contribution < -0.4 is 10.2 Å². The SMILES string of the molecule is O=C(C1CCNCC1)N1CCC2(CC1)C(=O)N(Cc1ncc3ccccc3c1-c1cccnc1)c1cnccc12. The van der Waals surface area contributed by atoms with Gasteiger partial charge in [-0.3, -0.25) is 24.5 Å². The van der Waals surface area contributed by atoms with Gasteiger partial charge in [-0.25, -0.2) is 0 Å². The highest BCUT2D eigenvalue weighted by atomic mass is 16.2. The van der Waals surface area contributed by atoms with Crippen LogP contribution in [0.15, 0.2) is 73.4 Å². The first-order valence-corrected chi connectivity index (χ1v) is 14.2. The van der Waals surface area contributed by atoms with Gasteiger partial charge >= 0.3 is 0 Å². The molecule has 2 fully saturated rings. The van der Waals surface area contributed by atoms with Crippen molar-refractivity contribution >= 4 is 28.3 Å². The molecule has 4 aromatic rings. The fourth-order valence-corrected chi connectivity index (χ4v) is 6.87. The number of amides is 2. The maximum atomic E-state index is 14.4. The average molecular weight is 533 g/mol. The number of carbonyl (C=O) groups excluding carboxylic acids is 2. The van der Waals surface area contributed by atoms with Crippen molar-refractivity contribution in [3.8, 4) is 11.1 Å². The molecule has 1 spiro atoms. The smallest absolute Gasteiger partial charge is 0.238 e. The summed E-state index contributed by atoms with van der Waals surface area (Å²) in [5.41, 5.74) is 4.01. The van der Waals surface area contributed by atoms with E-state index < -0.39 is 5.41 Å². The molecule has 3 aliphatic heterocycles. The quantitative estimate of drug-likeness (QED) is 0.426. The van der Waals surface area contributed by atoms with Gasteiger partial charge in [0.25, 0.3) is 0 Å². The molecule has 1 aromatic carbocycles. The molecule has 2 amide bonds. The Morgan fingerprint density at radius 2 is 1.75 bits per heavy atom. The van der Waals surface area contributed by atoms with Crippen LogP contribution in [0.5, 0.6) is 0 Å². The minimum Gasteiger partial charge on any atom is -0.342 e. The first-order chi connectivity index (χ1) is 19.7. The predicted molar refractivity (Wildman–Crippen MR) is 153 cm³/mol. The molecule has 0 atom stereocenters. The van der Waals surface area contributed by atoms with Crippen LogP contribution >= 0.6 is 0 Å². The van der Waals surface area contributed by atoms with E-state index in [1.807, 2.05) is 52.5 Å². The van der Waals surface area contributed by atoms with Crippen LogP contribution in [-0.4, -0.2) is 57.8 Å². The van der Waals surface area contributed by atoms with Crippen LogP contribution in [0.1, 0.15) is 36.9 Å². The van der Waals surface area contributed by atoms with Gasteiger partial charge in [0.05, 0.1) is 29.5 Å². The summed E-state index contributed by atoms with van der Waals surface area (Å²) >= 11 is 0. The maximum Gasteiger partial charge on any atom is 0.238 e. The van der Waals surface area contributed by atoms with Crippen molar-refractivity contribution in [3.63, 3.8) is 0 Å². The lowest BCUT2D eigenvalue weighted by Crippen LogP contribution is -2.51. The minimum atomic E-state index is -0.644. The van der Waals surface area contributed by atoms with Crippen molar-refractivity contribution in [1.29, 1.82) is 0 Å². The zero-order chi connectivity index (χ0) is 27.1. The zero-order valence-electron chi connectivity index (χ0n) is 22.4. The van der Waals surface area contributed by atoms with Crippen molar-refractivity contribution in [2.24, 2.45) is 5.92 Å². The van der Waals surface area contributed by atoms with Gasteiger partial charge in [-0.2, -0.15) is 0 Å². The number of hydrogen-bond acceptors (Lipinski definition) is 6. The van der Waals surface area contributed by atoms with E-state index in [-0.39, 0.29) is 17.7 Å². The standard InChI is InChI=1S/C32H32N6O2/c39-30(22-7-13-33-14-8-22)37-16-10-32(11-17-37)26-9-15-35-20-28(26)38(31(32)40)21-27-29(24-5-3-12-34-18-24)25-6-2-1-4-23(25)19-36-27/h1-6,9,12,15,18-20,22,33H,7-8,10-11,13-14,16-17,21H2. The molecule has 2 saturated heterocycles. The largest absolute Gasteiger partial charge is 0.342 e. The normalized spacial score (nSPS) is 18.9. The summed E-state index contributed by atoms with van der Waals surface area (Å²) in [4.78, 5) is 45.1. The Hall–Kier alpha value is -4.17. The molecule has 8 nitrogen and oxygen atoms in total. The second-order valence-electron chi connectivity index (χ2n) is 11.1. The molecular weight excluding hydrogens is 500 g/mol. The van der Waals surface area contributed by atoms with E-state index in [4.69, 9.17) is 4.98 Å². The number of carbonyl (C=O) groups is 2. The molecule has 0 radical (unpaired) electrons. The lowest BCUT2D eigenvalue weighted by molar-refractivity contribution is -0.140. The number of nitrogens with zero attached hydrogens (tertiary/aromatic N) is 5. The molecule has 0 aliphatic carbocycles. The van der Waals surface area contributed by atoms with E-state index in [1.165, 1.54) is 0 Å². The number of likely N-dealkylation sites (tertiary alicyclic amines) is 1. The second kappa shape index (κ2) is 10.1. The summed E-state index contributed by atoms with van der Waals surface area (Å²) in [5, 5.41) is 5.47. The summed E-state index contributed by atoms with van der Waals surface area (Å²) in [6.07, 6.45) is 12.1. The topological polar surface area (TPSA) is 91.3 Å². The summed E-state index contributed by atoms with van der Waals surface area (Å²) in [5.74, 6) is 0.416. The molecule has 0 saturated carbocycles. The number of pyridine rings is 3. The van der Waals surface area contributed by atoms with E-state index in [2.05, 4.69) is 27.4 Å². The number of nitrogens with one attached hydrogen (secondary N) is 1. The van der Waals surface area contributed by atoms with E-state index in [0.717, 1.165) is 64.8 Å². The highest BCUT2D eigenvalue weighted by Crippen LogP contribution is 2.48. The maximum absolute atomic E-state index is 14.4. The van der Waals surface area contributed by atoms with E-state index in [0.29, 0.717) is 32.5 Å². The van der Waals surface area contributed by atoms with Gasteiger partial charge in [-0.15, -0.1) is 0 Å². The van der Waals surface area contributed by atoms with E-state index in [1.54, 1.807) is 18.6 Å². The molecule has 8 heteroatoms. The summed E-state index contributed by atoms with van der Waals surface area (Å²) in [6.45, 7) is 3.32. The zero-order valence-corrected chi connectivity index (χ0v) is 22.4. The number of rotatable bonds is 4. The summed E-state index contributed by atoms with van der Waals surface area (Å²) in [6, 6.07) is 14.1. The molecular formula is C32H32N6O2. The molecule has 1 N–H and O–H groups in total. The molecule has 6 heterocycles. The number of hydrogen-bond donors (Lipinski definition) is 1. The van der Waals surface area contributed by atoms with Crippen molar-refractivity contribution in [2.45, 2.75) is 37.6 Å². The minimum absolute atomic E-state index is 0.0801. The van der Waals surface area contributed by atoms with E-state index in [9.17, 15) is 9.59 Å². The van der Waals surface area contributed by atoms with Crippen molar-refractivity contribution in [3.05, 3.63) is 84.7 Å². The Labute approximate surface area is 233 Å². The van der Waals surface area contributed by atoms with Gasteiger partial charge in [0.2, 0.25) is 11.8 Å². The fraction of sp³-hybridized carbons (Fsp3) is 0.344. The van der Waals surface area contributed by atoms with Crippen molar-refractivity contribution in [1.82, 2.24) is 25.2 Å². The Morgan fingerprint density at radius 1 is 0.950 bits per heavy atom. The summed E-state index contributed by atoms with van der Waals surface area (Å²) in [7, 11) is 0. The van der Waals surface area contributed by atoms with Gasteiger partial charge < -0.3 is 15.1 Å². The molecule has 3 aromatic heterocycles. The van der Waals surface area contributed by atoms with Gasteiger partial charge in [0, 0.05) is 60.3 Å². The summed E-state index contributed by atoms with van der Waals surface area (Å²) < 4.78 is 0. The number of benzene rings is 1. The van der Waals surface area contributed by atoms with Crippen LogP contribution in [0.3, 0.4) is 0 Å². The third-order valence-electron chi connectivity index (χ3n) is 9.01. The van der Waals surface area contributed by atoms with Crippen LogP contribution in [0.2, 0.25) is 0 Å². The number of anilines is 1. The lowest BCUT2D eigenvalue weighted by Gasteiger charge is -2.40. The van der Waals surface area contributed by atoms with Crippen LogP contribution in [0.4, 0.5) is 5.69 Å². The Morgan fingerprint density at radius 3 is 2.55 bits per heavy atom. The van der Waals surface area contributed by atoms with E-state index >= 15 is 0 Å². The Bertz CT molecular complexity index is 1580. The molecule has 202 valence electrons. The Balaban J connectivity index is 1.22. The van der Waals surface area contributed by atoms with Gasteiger partial charge in [-0.05, 0) is 61.9 Å². The Kier molecular flexibility index (Phi) is 6.27. The third kappa shape index (κ3) is 4.05. The average Bonchev–Trinajstić information content (AvgIpc) is 3.24. The highest BCUT2D eigenvalue weighted by molar-refractivity contribution is 6.08. The monoisotopic (exact) mass is 532 g/mol. The molecule has 7 rings (SSSR count). The van der Waals surface area contributed by atoms with Crippen molar-refractivity contribution < 1.29 is 9.59 Å². The van der Waals surface area contributed by atoms with Crippen molar-refractivity contribution in [2.75, 3.05) is 31.1 Å². The predicted octanol–water partition coefficient (Wildman–Crippen LogP) is 4.10. The molecule has 0 unspecified atom stereocenters. The number of aromatic nitrogens is 3. The van der Waals surface area contributed by atoms with Crippen LogP contribution in [0, 0.1) is 5.92 Å². The first kappa shape index (κ1) is 24.8. The molecule has 0 bridgehead atoms. The number of fused-ring (bicyclic) bond motifs is 3. The van der Waals surface area contributed by atoms with Gasteiger partial charge in [0.15, 0.2) is 0 Å². The first-order valence-electron chi connectivity index (χ1n) is 14.2. The van der Waals surface area contributed by atoms with Crippen LogP contribution in [0.25, 0.3) is 21.9 Å².